The van der Waals surface area contributed by atoms with Crippen LogP contribution in [0.1, 0.15) is 33.1 Å². The van der Waals surface area contributed by atoms with Crippen LogP contribution in [0, 0.1) is 11.3 Å². The Morgan fingerprint density at radius 3 is 1.72 bits per heavy atom. The Morgan fingerprint density at radius 2 is 1.31 bits per heavy atom. The van der Waals surface area contributed by atoms with E-state index in [1.807, 2.05) is 0 Å². The van der Waals surface area contributed by atoms with Gasteiger partial charge >= 0.3 is 5.97 Å². The van der Waals surface area contributed by atoms with Crippen molar-refractivity contribution in [2.45, 2.75) is 47.0 Å². The molecule has 0 aromatic heterocycles. The highest BCUT2D eigenvalue weighted by Gasteiger charge is 2.75. The molecule has 2 aromatic carbocycles. The van der Waals surface area contributed by atoms with Crippen molar-refractivity contribution in [3.05, 3.63) is 71.8 Å². The van der Waals surface area contributed by atoms with Gasteiger partial charge in [0.05, 0.1) is 16.9 Å². The van der Waals surface area contributed by atoms with Crippen molar-refractivity contribution in [1.29, 1.82) is 0 Å². The number of hydrogen-bond acceptors (Lipinski definition) is 6. The normalized spacial score (nSPS) is 23.8. The molecule has 2 aliphatic rings. The van der Waals surface area contributed by atoms with Crippen LogP contribution >= 0.6 is 0 Å². The largest absolute Gasteiger partial charge is 0.466 e. The Hall–Kier alpha value is -2.45. The molecule has 0 spiro atoms. The lowest BCUT2D eigenvalue weighted by Gasteiger charge is -2.32. The molecule has 0 aliphatic heterocycles. The molecule has 0 amide bonds. The number of carbonyl (C=O) groups is 1. The predicted molar refractivity (Wildman–Crippen MR) is 120 cm³/mol. The summed E-state index contributed by atoms with van der Waals surface area (Å²) < 4.78 is 58.9. The summed E-state index contributed by atoms with van der Waals surface area (Å²) in [5, 5.41) is 0. The molecule has 2 atom stereocenters. The summed E-state index contributed by atoms with van der Waals surface area (Å²) in [6, 6.07) is 15.4. The van der Waals surface area contributed by atoms with Gasteiger partial charge in [0.15, 0.2) is 23.8 Å². The van der Waals surface area contributed by atoms with Crippen LogP contribution in [0.3, 0.4) is 0 Å². The first-order chi connectivity index (χ1) is 15.0. The molecule has 6 nitrogen and oxygen atoms in total. The van der Waals surface area contributed by atoms with Gasteiger partial charge in [-0.3, -0.25) is 0 Å². The summed E-state index contributed by atoms with van der Waals surface area (Å²) in [4.78, 5) is 12.6. The molecule has 2 unspecified atom stereocenters. The molecule has 0 heterocycles. The van der Waals surface area contributed by atoms with E-state index in [4.69, 9.17) is 4.74 Å². The van der Waals surface area contributed by atoms with Crippen LogP contribution in [-0.2, 0) is 29.2 Å². The first-order valence-corrected chi connectivity index (χ1v) is 13.4. The minimum atomic E-state index is -4.30. The summed E-state index contributed by atoms with van der Waals surface area (Å²) in [5.41, 5.74) is 0.290. The van der Waals surface area contributed by atoms with Gasteiger partial charge in [-0.2, -0.15) is 0 Å². The maximum absolute atomic E-state index is 14.0. The van der Waals surface area contributed by atoms with Gasteiger partial charge in [-0.05, 0) is 63.3 Å². The number of fused-ring (bicyclic) bond motifs is 1. The van der Waals surface area contributed by atoms with E-state index >= 15 is 0 Å². The lowest BCUT2D eigenvalue weighted by atomic mass is 9.89. The SMILES string of the molecule is COC(=O)C(=C(C)C)C12CC1CC(S(=O)(=O)c1ccccc1)(S(=O)(=O)c1ccccc1)C2. The highest BCUT2D eigenvalue weighted by Crippen LogP contribution is 2.74. The van der Waals surface area contributed by atoms with E-state index in [-0.39, 0.29) is 28.6 Å². The lowest BCUT2D eigenvalue weighted by molar-refractivity contribution is -0.137. The molecule has 0 saturated heterocycles. The third-order valence-electron chi connectivity index (χ3n) is 6.85. The van der Waals surface area contributed by atoms with Crippen molar-refractivity contribution in [2.24, 2.45) is 11.3 Å². The number of methoxy groups -OCH3 is 1. The van der Waals surface area contributed by atoms with Gasteiger partial charge in [-0.1, -0.05) is 42.0 Å². The minimum absolute atomic E-state index is 0.0345. The van der Waals surface area contributed by atoms with E-state index in [1.165, 1.54) is 31.4 Å². The van der Waals surface area contributed by atoms with Crippen LogP contribution < -0.4 is 0 Å². The van der Waals surface area contributed by atoms with Crippen molar-refractivity contribution in [1.82, 2.24) is 0 Å². The third-order valence-corrected chi connectivity index (χ3v) is 12.5. The monoisotopic (exact) mass is 474 g/mol. The summed E-state index contributed by atoms with van der Waals surface area (Å²) >= 11 is 0. The van der Waals surface area contributed by atoms with E-state index in [9.17, 15) is 21.6 Å². The van der Waals surface area contributed by atoms with Crippen molar-refractivity contribution in [3.63, 3.8) is 0 Å². The van der Waals surface area contributed by atoms with E-state index in [2.05, 4.69) is 0 Å². The molecule has 2 fully saturated rings. The van der Waals surface area contributed by atoms with E-state index in [1.54, 1.807) is 50.2 Å². The number of hydrogen-bond donors (Lipinski definition) is 0. The minimum Gasteiger partial charge on any atom is -0.466 e. The number of esters is 1. The van der Waals surface area contributed by atoms with Gasteiger partial charge < -0.3 is 4.74 Å². The fraction of sp³-hybridized carbons (Fsp3) is 0.375. The Bertz CT molecular complexity index is 1220. The average molecular weight is 475 g/mol. The Balaban J connectivity index is 1.95. The molecule has 32 heavy (non-hydrogen) atoms. The number of carbonyl (C=O) groups excluding carboxylic acids is 1. The van der Waals surface area contributed by atoms with Crippen LogP contribution in [0.5, 0.6) is 0 Å². The van der Waals surface area contributed by atoms with Gasteiger partial charge in [0.2, 0.25) is 0 Å². The summed E-state index contributed by atoms with van der Waals surface area (Å²) in [7, 11) is -7.32. The van der Waals surface area contributed by atoms with E-state index in [0.717, 1.165) is 0 Å². The molecule has 170 valence electrons. The topological polar surface area (TPSA) is 94.6 Å². The van der Waals surface area contributed by atoms with Crippen LogP contribution in [0.15, 0.2) is 81.6 Å². The molecule has 2 aromatic rings. The second-order valence-corrected chi connectivity index (χ2v) is 13.6. The second-order valence-electron chi connectivity index (χ2n) is 8.85. The Morgan fingerprint density at radius 1 is 0.844 bits per heavy atom. The number of benzene rings is 2. The van der Waals surface area contributed by atoms with E-state index in [0.29, 0.717) is 17.6 Å². The maximum Gasteiger partial charge on any atom is 0.334 e. The fourth-order valence-corrected chi connectivity index (χ4v) is 10.7. The highest BCUT2D eigenvalue weighted by molar-refractivity contribution is 8.10. The smallest absolute Gasteiger partial charge is 0.334 e. The van der Waals surface area contributed by atoms with Crippen LogP contribution in [-0.4, -0.2) is 34.0 Å². The molecular formula is C24H26O6S2. The third kappa shape index (κ3) is 3.07. The standard InChI is InChI=1S/C24H26O6S2/c1-17(2)21(22(25)30-3)23-14-18(23)15-24(16-23,31(26,27)19-10-6-4-7-11-19)32(28,29)20-12-8-5-9-13-20/h4-13,18H,14-16H2,1-3H3. The van der Waals surface area contributed by atoms with Gasteiger partial charge in [-0.15, -0.1) is 0 Å². The van der Waals surface area contributed by atoms with Gasteiger partial charge in [0.25, 0.3) is 0 Å². The zero-order valence-corrected chi connectivity index (χ0v) is 19.9. The molecule has 0 N–H and O–H groups in total. The van der Waals surface area contributed by atoms with Crippen molar-refractivity contribution < 1.29 is 26.4 Å². The first-order valence-electron chi connectivity index (χ1n) is 10.4. The van der Waals surface area contributed by atoms with Crippen LogP contribution in [0.2, 0.25) is 0 Å². The number of ether oxygens (including phenoxy) is 1. The van der Waals surface area contributed by atoms with Crippen LogP contribution in [0.4, 0.5) is 0 Å². The fourth-order valence-electron chi connectivity index (χ4n) is 5.38. The molecular weight excluding hydrogens is 448 g/mol. The van der Waals surface area contributed by atoms with Crippen LogP contribution in [0.25, 0.3) is 0 Å². The molecule has 8 heteroatoms. The average Bonchev–Trinajstić information content (AvgIpc) is 3.34. The zero-order chi connectivity index (χ0) is 23.4. The van der Waals surface area contributed by atoms with Crippen molar-refractivity contribution in [2.75, 3.05) is 7.11 Å². The summed E-state index contributed by atoms with van der Waals surface area (Å²) in [5.74, 6) is -0.763. The summed E-state index contributed by atoms with van der Waals surface area (Å²) in [6.07, 6.45) is 0.336. The molecule has 0 bridgehead atoms. The predicted octanol–water partition coefficient (Wildman–Crippen LogP) is 3.94. The molecule has 4 rings (SSSR count). The highest BCUT2D eigenvalue weighted by atomic mass is 32.3. The molecule has 2 saturated carbocycles. The Kier molecular flexibility index (Phi) is 5.37. The summed E-state index contributed by atoms with van der Waals surface area (Å²) in [6.45, 7) is 3.54. The lowest BCUT2D eigenvalue weighted by Crippen LogP contribution is -2.46. The van der Waals surface area contributed by atoms with Gasteiger partial charge in [0, 0.05) is 11.0 Å². The van der Waals surface area contributed by atoms with Crippen molar-refractivity contribution in [3.8, 4) is 0 Å². The number of allylic oxidation sites excluding steroid dienone is 1. The van der Waals surface area contributed by atoms with Crippen molar-refractivity contribution >= 4 is 25.6 Å². The second kappa shape index (κ2) is 7.56. The van der Waals surface area contributed by atoms with E-state index < -0.39 is 35.1 Å². The maximum atomic E-state index is 14.0. The Labute approximate surface area is 189 Å². The molecule has 2 aliphatic carbocycles. The molecule has 0 radical (unpaired) electrons. The first kappa shape index (κ1) is 22.7. The van der Waals surface area contributed by atoms with Gasteiger partial charge in [-0.25, -0.2) is 21.6 Å². The zero-order valence-electron chi connectivity index (χ0n) is 18.2. The number of rotatable bonds is 6. The quantitative estimate of drug-likeness (QED) is 0.465. The number of sulfone groups is 2. The van der Waals surface area contributed by atoms with Gasteiger partial charge in [0.1, 0.15) is 0 Å².